The predicted molar refractivity (Wildman–Crippen MR) is 98.8 cm³/mol. The molecule has 2 N–H and O–H groups in total. The molecule has 0 amide bonds. The van der Waals surface area contributed by atoms with Crippen molar-refractivity contribution in [1.29, 1.82) is 0 Å². The molecule has 0 unspecified atom stereocenters. The molecule has 0 atom stereocenters. The van der Waals surface area contributed by atoms with Gasteiger partial charge in [0.05, 0.1) is 19.8 Å². The predicted octanol–water partition coefficient (Wildman–Crippen LogP) is 4.79. The van der Waals surface area contributed by atoms with Crippen molar-refractivity contribution in [3.05, 3.63) is 0 Å². The zero-order chi connectivity index (χ0) is 20.2. The van der Waals surface area contributed by atoms with Crippen LogP contribution in [0.25, 0.3) is 0 Å². The van der Waals surface area contributed by atoms with E-state index < -0.39 is 7.82 Å². The van der Waals surface area contributed by atoms with E-state index in [1.165, 1.54) is 51.4 Å². The van der Waals surface area contributed by atoms with E-state index in [1.54, 1.807) is 0 Å². The van der Waals surface area contributed by atoms with Crippen molar-refractivity contribution in [3.63, 3.8) is 0 Å². The van der Waals surface area contributed by atoms with Gasteiger partial charge in [-0.1, -0.05) is 71.6 Å². The van der Waals surface area contributed by atoms with Crippen molar-refractivity contribution >= 4 is 7.82 Å². The minimum atomic E-state index is -4.43. The zero-order valence-corrected chi connectivity index (χ0v) is 17.6. The Hall–Kier alpha value is -0.0900. The summed E-state index contributed by atoms with van der Waals surface area (Å²) in [5.41, 5.74) is 0. The Labute approximate surface area is 162 Å². The fourth-order valence-electron chi connectivity index (χ4n) is 2.37. The normalized spacial score (nSPS) is 12.2. The van der Waals surface area contributed by atoms with E-state index in [0.29, 0.717) is 6.61 Å². The molecule has 0 aliphatic carbocycles. The lowest BCUT2D eigenvalue weighted by Gasteiger charge is -2.05. The minimum Gasteiger partial charge on any atom is -0.303 e. The smallest absolute Gasteiger partial charge is 0.303 e. The van der Waals surface area contributed by atoms with Crippen LogP contribution in [0.5, 0.6) is 0 Å². The Morgan fingerprint density at radius 1 is 0.667 bits per heavy atom. The van der Waals surface area contributed by atoms with Crippen molar-refractivity contribution in [1.82, 2.24) is 0 Å². The van der Waals surface area contributed by atoms with Crippen LogP contribution in [0.3, 0.4) is 0 Å². The van der Waals surface area contributed by atoms with Gasteiger partial charge in [0.1, 0.15) is 0 Å². The summed E-state index contributed by atoms with van der Waals surface area (Å²) in [4.78, 5) is 26.1. The molecule has 27 heavy (non-hydrogen) atoms. The quantitative estimate of drug-likeness (QED) is 0.118. The summed E-state index contributed by atoms with van der Waals surface area (Å²) < 4.78 is 14.6. The van der Waals surface area contributed by atoms with Crippen LogP contribution in [-0.4, -0.2) is 29.6 Å². The third-order valence-electron chi connectivity index (χ3n) is 3.79. The molecule has 0 aromatic carbocycles. The lowest BCUT2D eigenvalue weighted by Crippen LogP contribution is -2.04. The number of phosphoric acid groups is 1. The van der Waals surface area contributed by atoms with Gasteiger partial charge in [-0.05, 0) is 33.9 Å². The van der Waals surface area contributed by atoms with Crippen molar-refractivity contribution in [2.24, 2.45) is 5.92 Å². The molecule has 10 heteroatoms. The van der Waals surface area contributed by atoms with Gasteiger partial charge >= 0.3 is 7.82 Å². The van der Waals surface area contributed by atoms with E-state index in [1.807, 2.05) is 0 Å². The lowest BCUT2D eigenvalue weighted by atomic mass is 10.0. The highest BCUT2D eigenvalue weighted by Crippen LogP contribution is 2.35. The maximum atomic E-state index is 10.4. The highest BCUT2D eigenvalue weighted by Gasteiger charge is 2.12. The first kappa shape index (κ1) is 26.9. The molecule has 0 aliphatic heterocycles. The molecule has 0 rings (SSSR count). The van der Waals surface area contributed by atoms with Crippen LogP contribution in [0.15, 0.2) is 0 Å². The van der Waals surface area contributed by atoms with Crippen LogP contribution in [0, 0.1) is 5.92 Å². The zero-order valence-electron chi connectivity index (χ0n) is 16.7. The number of hydrogen-bond acceptors (Lipinski definition) is 7. The maximum Gasteiger partial charge on any atom is 0.469 e. The number of hydrogen-bond donors (Lipinski definition) is 2. The molecule has 0 aliphatic rings. The van der Waals surface area contributed by atoms with Crippen molar-refractivity contribution < 1.29 is 43.8 Å². The first-order chi connectivity index (χ1) is 12.9. The monoisotopic (exact) mass is 416 g/mol. The molecule has 0 fully saturated rings. The van der Waals surface area contributed by atoms with E-state index >= 15 is 0 Å². The van der Waals surface area contributed by atoms with E-state index in [-0.39, 0.29) is 19.6 Å². The van der Waals surface area contributed by atoms with Crippen molar-refractivity contribution in [2.45, 2.75) is 84.5 Å². The van der Waals surface area contributed by atoms with E-state index in [0.717, 1.165) is 18.8 Å². The van der Waals surface area contributed by atoms with Gasteiger partial charge in [0.15, 0.2) is 0 Å². The second-order valence-electron chi connectivity index (χ2n) is 6.89. The highest BCUT2D eigenvalue weighted by atomic mass is 31.2. The summed E-state index contributed by atoms with van der Waals surface area (Å²) in [7, 11) is -4.43. The average molecular weight is 416 g/mol. The van der Waals surface area contributed by atoms with Crippen LogP contribution >= 0.6 is 7.82 Å². The molecule has 0 aromatic rings. The van der Waals surface area contributed by atoms with Crippen LogP contribution in [-0.2, 0) is 34.0 Å². The van der Waals surface area contributed by atoms with Gasteiger partial charge in [-0.3, -0.25) is 4.52 Å². The maximum absolute atomic E-state index is 10.4. The van der Waals surface area contributed by atoms with Crippen LogP contribution in [0.1, 0.15) is 84.5 Å². The van der Waals surface area contributed by atoms with Gasteiger partial charge in [0, 0.05) is 0 Å². The fraction of sp³-hybridized carbons (Fsp3) is 1.00. The van der Waals surface area contributed by atoms with E-state index in [4.69, 9.17) is 14.7 Å². The molecule has 0 saturated carbocycles. The summed E-state index contributed by atoms with van der Waals surface area (Å²) in [5, 5.41) is 12.6. The molecule has 0 aromatic heterocycles. The number of rotatable bonds is 21. The second-order valence-corrected chi connectivity index (χ2v) is 8.13. The van der Waals surface area contributed by atoms with Gasteiger partial charge in [-0.2, -0.15) is 0 Å². The van der Waals surface area contributed by atoms with Crippen molar-refractivity contribution in [3.8, 4) is 0 Å². The molecule has 164 valence electrons. The number of phosphoric ester groups is 1. The molecule has 0 radical (unpaired) electrons. The highest BCUT2D eigenvalue weighted by molar-refractivity contribution is 7.46. The Bertz CT molecular complexity index is 349. The Morgan fingerprint density at radius 2 is 1.15 bits per heavy atom. The Kier molecular flexibility index (Phi) is 19.2. The first-order valence-electron chi connectivity index (χ1n) is 9.86. The molecule has 0 saturated heterocycles. The van der Waals surface area contributed by atoms with Crippen LogP contribution in [0.4, 0.5) is 0 Å². The topological polar surface area (TPSA) is 113 Å². The Balaban J connectivity index is 3.04. The van der Waals surface area contributed by atoms with Crippen LogP contribution < -0.4 is 0 Å². The third-order valence-corrected chi connectivity index (χ3v) is 4.31. The lowest BCUT2D eigenvalue weighted by molar-refractivity contribution is -0.708. The van der Waals surface area contributed by atoms with Gasteiger partial charge < -0.3 is 9.79 Å². The van der Waals surface area contributed by atoms with Gasteiger partial charge in [0.2, 0.25) is 0 Å². The summed E-state index contributed by atoms with van der Waals surface area (Å²) in [6.07, 6.45) is 12.6. The summed E-state index contributed by atoms with van der Waals surface area (Å²) in [6, 6.07) is 0. The molecular weight excluding hydrogens is 379 g/mol. The van der Waals surface area contributed by atoms with Crippen molar-refractivity contribution in [2.75, 3.05) is 19.8 Å². The summed E-state index contributed by atoms with van der Waals surface area (Å²) in [6.45, 7) is 4.80. The average Bonchev–Trinajstić information content (AvgIpc) is 2.58. The SMILES string of the molecule is CC(C)CCCCCCCCCCCOOOOOCCCOP(=O)(O)O. The fourth-order valence-corrected chi connectivity index (χ4v) is 2.74. The summed E-state index contributed by atoms with van der Waals surface area (Å²) in [5.74, 6) is 0.823. The Morgan fingerprint density at radius 3 is 1.67 bits per heavy atom. The van der Waals surface area contributed by atoms with Gasteiger partial charge in [0.25, 0.3) is 0 Å². The van der Waals surface area contributed by atoms with Crippen LogP contribution in [0.2, 0.25) is 0 Å². The molecule has 0 spiro atoms. The molecule has 9 nitrogen and oxygen atoms in total. The molecular formula is C17H37O9P. The molecule has 0 bridgehead atoms. The first-order valence-corrected chi connectivity index (χ1v) is 11.4. The van der Waals surface area contributed by atoms with Gasteiger partial charge in [-0.25, -0.2) is 14.3 Å². The van der Waals surface area contributed by atoms with E-state index in [9.17, 15) is 4.57 Å². The number of unbranched alkanes of at least 4 members (excludes halogenated alkanes) is 8. The largest absolute Gasteiger partial charge is 0.469 e. The second kappa shape index (κ2) is 19.2. The third kappa shape index (κ3) is 25.9. The molecule has 0 heterocycles. The standard InChI is InChI=1S/C17H37O9P/c1-17(2)13-10-8-6-4-3-5-7-9-11-14-21-24-26-25-22-15-12-16-23-27(18,19)20/h17H,3-16H2,1-2H3,(H2,18,19,20). The van der Waals surface area contributed by atoms with Gasteiger partial charge in [-0.15, -0.1) is 0 Å². The summed E-state index contributed by atoms with van der Waals surface area (Å²) >= 11 is 0. The minimum absolute atomic E-state index is 0.0150. The van der Waals surface area contributed by atoms with E-state index in [2.05, 4.69) is 38.4 Å².